The molecule has 1 aliphatic carbocycles. The summed E-state index contributed by atoms with van der Waals surface area (Å²) in [5.74, 6) is 0.243. The largest absolute Gasteiger partial charge is 0.341 e. The average molecular weight is 360 g/mol. The Morgan fingerprint density at radius 3 is 2.33 bits per heavy atom. The van der Waals surface area contributed by atoms with Crippen molar-refractivity contribution in [1.29, 1.82) is 0 Å². The van der Waals surface area contributed by atoms with Crippen molar-refractivity contribution in [3.05, 3.63) is 0 Å². The molecular weight excluding hydrogens is 326 g/mol. The van der Waals surface area contributed by atoms with Crippen LogP contribution in [0.5, 0.6) is 0 Å². The molecule has 6 heteroatoms. The fourth-order valence-corrected chi connectivity index (χ4v) is 4.07. The molecule has 0 spiro atoms. The van der Waals surface area contributed by atoms with E-state index in [1.54, 1.807) is 0 Å². The van der Waals surface area contributed by atoms with E-state index in [-0.39, 0.29) is 30.1 Å². The van der Waals surface area contributed by atoms with Crippen LogP contribution in [0.1, 0.15) is 65.7 Å². The van der Waals surface area contributed by atoms with Gasteiger partial charge in [-0.3, -0.25) is 9.59 Å². The summed E-state index contributed by atoms with van der Waals surface area (Å²) in [7, 11) is 0. The molecule has 140 valence electrons. The van der Waals surface area contributed by atoms with E-state index in [4.69, 9.17) is 0 Å². The van der Waals surface area contributed by atoms with Gasteiger partial charge in [0.1, 0.15) is 5.54 Å². The van der Waals surface area contributed by atoms with E-state index < -0.39 is 5.54 Å². The number of halogens is 1. The first kappa shape index (κ1) is 21.2. The quantitative estimate of drug-likeness (QED) is 0.792. The molecule has 2 aliphatic rings. The first-order chi connectivity index (χ1) is 11.0. The van der Waals surface area contributed by atoms with Crippen molar-refractivity contribution >= 4 is 24.2 Å². The Morgan fingerprint density at radius 1 is 1.17 bits per heavy atom. The third kappa shape index (κ3) is 4.85. The van der Waals surface area contributed by atoms with Gasteiger partial charge in [0.05, 0.1) is 0 Å². The third-order valence-corrected chi connectivity index (χ3v) is 5.52. The number of nitrogens with one attached hydrogen (secondary N) is 2. The molecule has 5 nitrogen and oxygen atoms in total. The number of carbonyl (C=O) groups is 2. The molecule has 2 amide bonds. The van der Waals surface area contributed by atoms with Crippen molar-refractivity contribution in [1.82, 2.24) is 15.5 Å². The van der Waals surface area contributed by atoms with E-state index in [1.807, 2.05) is 18.7 Å². The summed E-state index contributed by atoms with van der Waals surface area (Å²) in [5.41, 5.74) is -0.657. The maximum Gasteiger partial charge on any atom is 0.248 e. The summed E-state index contributed by atoms with van der Waals surface area (Å²) < 4.78 is 0. The second-order valence-corrected chi connectivity index (χ2v) is 7.19. The Labute approximate surface area is 152 Å². The molecule has 1 saturated heterocycles. The van der Waals surface area contributed by atoms with E-state index in [9.17, 15) is 9.59 Å². The van der Waals surface area contributed by atoms with Crippen LogP contribution < -0.4 is 10.6 Å². The zero-order valence-corrected chi connectivity index (χ0v) is 16.2. The van der Waals surface area contributed by atoms with Crippen LogP contribution in [0, 0.1) is 5.92 Å². The highest BCUT2D eigenvalue weighted by atomic mass is 35.5. The van der Waals surface area contributed by atoms with E-state index in [1.165, 1.54) is 0 Å². The van der Waals surface area contributed by atoms with Crippen LogP contribution in [0.4, 0.5) is 0 Å². The van der Waals surface area contributed by atoms with E-state index >= 15 is 0 Å². The molecular formula is C18H34ClN3O2. The van der Waals surface area contributed by atoms with Crippen molar-refractivity contribution in [3.63, 3.8) is 0 Å². The number of rotatable bonds is 5. The molecule has 1 saturated carbocycles. The molecule has 2 fully saturated rings. The lowest BCUT2D eigenvalue weighted by Gasteiger charge is -2.41. The highest BCUT2D eigenvalue weighted by Crippen LogP contribution is 2.31. The van der Waals surface area contributed by atoms with Crippen LogP contribution in [-0.2, 0) is 9.59 Å². The fourth-order valence-electron chi connectivity index (χ4n) is 4.07. The van der Waals surface area contributed by atoms with Crippen LogP contribution in [-0.4, -0.2) is 47.9 Å². The minimum Gasteiger partial charge on any atom is -0.341 e. The number of piperidine rings is 1. The minimum atomic E-state index is -0.657. The maximum absolute atomic E-state index is 13.1. The van der Waals surface area contributed by atoms with Crippen LogP contribution in [0.3, 0.4) is 0 Å². The minimum absolute atomic E-state index is 0. The topological polar surface area (TPSA) is 61.4 Å². The summed E-state index contributed by atoms with van der Waals surface area (Å²) in [4.78, 5) is 27.7. The molecule has 2 atom stereocenters. The van der Waals surface area contributed by atoms with Gasteiger partial charge in [0, 0.05) is 25.0 Å². The molecule has 0 unspecified atom stereocenters. The van der Waals surface area contributed by atoms with Gasteiger partial charge in [0.25, 0.3) is 0 Å². The number of hydrogen-bond acceptors (Lipinski definition) is 3. The van der Waals surface area contributed by atoms with Crippen LogP contribution in [0.2, 0.25) is 0 Å². The highest BCUT2D eigenvalue weighted by molar-refractivity contribution is 5.92. The zero-order chi connectivity index (χ0) is 16.9. The van der Waals surface area contributed by atoms with Gasteiger partial charge in [-0.2, -0.15) is 0 Å². The lowest BCUT2D eigenvalue weighted by molar-refractivity contribution is -0.144. The van der Waals surface area contributed by atoms with Crippen LogP contribution in [0.25, 0.3) is 0 Å². The van der Waals surface area contributed by atoms with Crippen molar-refractivity contribution in [2.75, 3.05) is 19.6 Å². The van der Waals surface area contributed by atoms with Crippen molar-refractivity contribution in [2.24, 2.45) is 5.92 Å². The summed E-state index contributed by atoms with van der Waals surface area (Å²) in [6.07, 6.45) is 6.51. The average Bonchev–Trinajstić information content (AvgIpc) is 2.56. The van der Waals surface area contributed by atoms with E-state index in [0.29, 0.717) is 19.1 Å². The Hall–Kier alpha value is -0.810. The van der Waals surface area contributed by atoms with Gasteiger partial charge in [-0.15, -0.1) is 12.4 Å². The summed E-state index contributed by atoms with van der Waals surface area (Å²) in [6, 6.07) is 0.375. The van der Waals surface area contributed by atoms with Gasteiger partial charge in [0.15, 0.2) is 0 Å². The van der Waals surface area contributed by atoms with Gasteiger partial charge >= 0.3 is 0 Å². The first-order valence-corrected chi connectivity index (χ1v) is 9.37. The first-order valence-electron chi connectivity index (χ1n) is 9.37. The predicted molar refractivity (Wildman–Crippen MR) is 99.3 cm³/mol. The monoisotopic (exact) mass is 359 g/mol. The predicted octanol–water partition coefficient (Wildman–Crippen LogP) is 2.48. The lowest BCUT2D eigenvalue weighted by atomic mass is 9.79. The van der Waals surface area contributed by atoms with Gasteiger partial charge in [-0.1, -0.05) is 19.3 Å². The number of nitrogens with zero attached hydrogens (tertiary/aromatic N) is 1. The number of carbonyl (C=O) groups excluding carboxylic acids is 2. The molecule has 0 aromatic heterocycles. The molecule has 1 aliphatic heterocycles. The smallest absolute Gasteiger partial charge is 0.248 e. The molecule has 24 heavy (non-hydrogen) atoms. The van der Waals surface area contributed by atoms with E-state index in [0.717, 1.165) is 51.5 Å². The Balaban J connectivity index is 0.00000288. The molecule has 0 radical (unpaired) electrons. The van der Waals surface area contributed by atoms with Crippen molar-refractivity contribution in [2.45, 2.75) is 77.3 Å². The number of likely N-dealkylation sites (N-methyl/N-ethyl adjacent to an activating group) is 1. The van der Waals surface area contributed by atoms with Crippen LogP contribution >= 0.6 is 12.4 Å². The van der Waals surface area contributed by atoms with Crippen molar-refractivity contribution in [3.8, 4) is 0 Å². The second-order valence-electron chi connectivity index (χ2n) is 7.19. The van der Waals surface area contributed by atoms with Crippen molar-refractivity contribution < 1.29 is 9.59 Å². The molecule has 1 heterocycles. The Kier molecular flexibility index (Phi) is 8.51. The van der Waals surface area contributed by atoms with Gasteiger partial charge in [0.2, 0.25) is 11.8 Å². The lowest BCUT2D eigenvalue weighted by Crippen LogP contribution is -2.62. The van der Waals surface area contributed by atoms with Gasteiger partial charge < -0.3 is 15.5 Å². The van der Waals surface area contributed by atoms with Gasteiger partial charge in [-0.25, -0.2) is 0 Å². The van der Waals surface area contributed by atoms with Gasteiger partial charge in [-0.05, 0) is 53.0 Å². The Morgan fingerprint density at radius 2 is 1.79 bits per heavy atom. The van der Waals surface area contributed by atoms with Crippen LogP contribution in [0.15, 0.2) is 0 Å². The molecule has 0 aromatic carbocycles. The normalized spacial score (nSPS) is 26.1. The summed E-state index contributed by atoms with van der Waals surface area (Å²) in [5, 5.41) is 6.60. The maximum atomic E-state index is 13.1. The highest BCUT2D eigenvalue weighted by Gasteiger charge is 2.43. The second kappa shape index (κ2) is 9.62. The summed E-state index contributed by atoms with van der Waals surface area (Å²) in [6.45, 7) is 8.43. The Bertz CT molecular complexity index is 420. The molecule has 2 N–H and O–H groups in total. The standard InChI is InChI=1S/C18H33N3O2.ClH/c1-4-21(5-2)17(23)18(10-7-6-8-11-18)20-16(22)15-9-12-19-14(3)13-15;/h14-15,19H,4-13H2,1-3H3,(H,20,22);1H/t14-,15-;/m0./s1. The molecule has 0 aromatic rings. The summed E-state index contributed by atoms with van der Waals surface area (Å²) >= 11 is 0. The SMILES string of the molecule is CCN(CC)C(=O)C1(NC(=O)[C@H]2CCN[C@@H](C)C2)CCCCC1.Cl. The van der Waals surface area contributed by atoms with E-state index in [2.05, 4.69) is 17.6 Å². The number of hydrogen-bond donors (Lipinski definition) is 2. The third-order valence-electron chi connectivity index (χ3n) is 5.52. The molecule has 2 rings (SSSR count). The zero-order valence-electron chi connectivity index (χ0n) is 15.4. The molecule has 0 bridgehead atoms. The fraction of sp³-hybridized carbons (Fsp3) is 0.889. The number of amides is 2.